The smallest absolute Gasteiger partial charge is 0.208 e. The first kappa shape index (κ1) is 13.6. The number of hydrogen-bond acceptors (Lipinski definition) is 4. The minimum atomic E-state index is -3.09. The third-order valence-corrected chi connectivity index (χ3v) is 2.96. The van der Waals surface area contributed by atoms with Crippen molar-refractivity contribution in [3.8, 4) is 0 Å². The summed E-state index contributed by atoms with van der Waals surface area (Å²) in [6.07, 6.45) is 2.87. The van der Waals surface area contributed by atoms with Gasteiger partial charge in [-0.2, -0.15) is 0 Å². The van der Waals surface area contributed by atoms with Crippen molar-refractivity contribution >= 4 is 26.0 Å². The number of nitrogens with zero attached hydrogens (tertiary/aromatic N) is 1. The molecule has 0 aliphatic rings. The molecule has 0 saturated heterocycles. The Labute approximate surface area is 104 Å². The highest BCUT2D eigenvalue weighted by Crippen LogP contribution is 2.06. The Hall–Kier alpha value is -0.500. The molecule has 1 aromatic rings. The van der Waals surface area contributed by atoms with E-state index < -0.39 is 10.0 Å². The molecule has 0 bridgehead atoms. The molecular weight excluding hydrogens is 294 g/mol. The van der Waals surface area contributed by atoms with Crippen LogP contribution in [0.5, 0.6) is 0 Å². The van der Waals surface area contributed by atoms with Crippen molar-refractivity contribution in [3.05, 3.63) is 28.5 Å². The standard InChI is InChI=1S/C9H14BrN3O2S/c1-16(14,15)13-5-4-11-7-9-3-2-8(10)6-12-9/h2-3,6,11,13H,4-5,7H2,1H3. The molecule has 0 aliphatic carbocycles. The average molecular weight is 308 g/mol. The van der Waals surface area contributed by atoms with Crippen molar-refractivity contribution < 1.29 is 8.42 Å². The van der Waals surface area contributed by atoms with Gasteiger partial charge in [0, 0.05) is 30.3 Å². The van der Waals surface area contributed by atoms with Gasteiger partial charge in [0.25, 0.3) is 0 Å². The van der Waals surface area contributed by atoms with Crippen molar-refractivity contribution in [2.24, 2.45) is 0 Å². The molecule has 0 radical (unpaired) electrons. The largest absolute Gasteiger partial charge is 0.310 e. The number of rotatable bonds is 6. The number of hydrogen-bond donors (Lipinski definition) is 2. The summed E-state index contributed by atoms with van der Waals surface area (Å²) in [6.45, 7) is 1.58. The van der Waals surface area contributed by atoms with Crippen molar-refractivity contribution in [1.29, 1.82) is 0 Å². The fourth-order valence-corrected chi connectivity index (χ4v) is 1.76. The van der Waals surface area contributed by atoms with Gasteiger partial charge in [0.2, 0.25) is 10.0 Å². The fourth-order valence-electron chi connectivity index (χ4n) is 1.05. The van der Waals surface area contributed by atoms with E-state index in [1.807, 2.05) is 12.1 Å². The summed E-state index contributed by atoms with van der Waals surface area (Å²) in [5.74, 6) is 0. The van der Waals surface area contributed by atoms with E-state index in [2.05, 4.69) is 31.0 Å². The maximum absolute atomic E-state index is 10.7. The number of halogens is 1. The van der Waals surface area contributed by atoms with Gasteiger partial charge in [-0.15, -0.1) is 0 Å². The van der Waals surface area contributed by atoms with Gasteiger partial charge in [0.05, 0.1) is 11.9 Å². The Kier molecular flexibility index (Phi) is 5.33. The summed E-state index contributed by atoms with van der Waals surface area (Å²) in [5, 5.41) is 3.09. The van der Waals surface area contributed by atoms with Crippen LogP contribution in [0.2, 0.25) is 0 Å². The predicted molar refractivity (Wildman–Crippen MR) is 66.5 cm³/mol. The highest BCUT2D eigenvalue weighted by Gasteiger charge is 1.98. The molecule has 0 saturated carbocycles. The van der Waals surface area contributed by atoms with E-state index in [0.29, 0.717) is 19.6 Å². The Bertz CT molecular complexity index is 419. The van der Waals surface area contributed by atoms with E-state index in [4.69, 9.17) is 0 Å². The molecular formula is C9H14BrN3O2S. The monoisotopic (exact) mass is 307 g/mol. The van der Waals surface area contributed by atoms with Crippen molar-refractivity contribution in [2.45, 2.75) is 6.54 Å². The quantitative estimate of drug-likeness (QED) is 0.750. The van der Waals surface area contributed by atoms with Crippen LogP contribution in [0.15, 0.2) is 22.8 Å². The second-order valence-electron chi connectivity index (χ2n) is 3.31. The minimum absolute atomic E-state index is 0.384. The molecule has 0 amide bonds. The van der Waals surface area contributed by atoms with Gasteiger partial charge in [-0.25, -0.2) is 13.1 Å². The maximum atomic E-state index is 10.7. The zero-order chi connectivity index (χ0) is 12.0. The van der Waals surface area contributed by atoms with E-state index >= 15 is 0 Å². The molecule has 0 fully saturated rings. The molecule has 16 heavy (non-hydrogen) atoms. The van der Waals surface area contributed by atoms with E-state index in [1.165, 1.54) is 0 Å². The lowest BCUT2D eigenvalue weighted by molar-refractivity contribution is 0.581. The van der Waals surface area contributed by atoms with Crippen LogP contribution in [0.1, 0.15) is 5.69 Å². The summed E-state index contributed by atoms with van der Waals surface area (Å²) in [4.78, 5) is 4.18. The molecule has 0 atom stereocenters. The normalized spacial score (nSPS) is 11.6. The van der Waals surface area contributed by atoms with Crippen molar-refractivity contribution in [3.63, 3.8) is 0 Å². The number of sulfonamides is 1. The molecule has 0 aliphatic heterocycles. The summed E-state index contributed by atoms with van der Waals surface area (Å²) in [5.41, 5.74) is 0.919. The number of nitrogens with one attached hydrogen (secondary N) is 2. The predicted octanol–water partition coefficient (Wildman–Crippen LogP) is 0.483. The van der Waals surface area contributed by atoms with Gasteiger partial charge in [-0.05, 0) is 28.1 Å². The highest BCUT2D eigenvalue weighted by molar-refractivity contribution is 9.10. The third kappa shape index (κ3) is 6.16. The molecule has 7 heteroatoms. The van der Waals surface area contributed by atoms with Crippen LogP contribution in [0.3, 0.4) is 0 Å². The van der Waals surface area contributed by atoms with E-state index in [1.54, 1.807) is 6.20 Å². The maximum Gasteiger partial charge on any atom is 0.208 e. The third-order valence-electron chi connectivity index (χ3n) is 1.76. The summed E-state index contributed by atoms with van der Waals surface area (Å²) < 4.78 is 24.8. The van der Waals surface area contributed by atoms with Crippen LogP contribution >= 0.6 is 15.9 Å². The van der Waals surface area contributed by atoms with Gasteiger partial charge < -0.3 is 5.32 Å². The van der Waals surface area contributed by atoms with Crippen LogP contribution in [-0.2, 0) is 16.6 Å². The summed E-state index contributed by atoms with van der Waals surface area (Å²) in [6, 6.07) is 3.82. The van der Waals surface area contributed by atoms with Crippen LogP contribution in [0.25, 0.3) is 0 Å². The van der Waals surface area contributed by atoms with Gasteiger partial charge in [-0.3, -0.25) is 4.98 Å². The van der Waals surface area contributed by atoms with Crippen molar-refractivity contribution in [2.75, 3.05) is 19.3 Å². The molecule has 1 aromatic heterocycles. The lowest BCUT2D eigenvalue weighted by atomic mass is 10.3. The summed E-state index contributed by atoms with van der Waals surface area (Å²) in [7, 11) is -3.09. The van der Waals surface area contributed by atoms with Crippen LogP contribution in [0, 0.1) is 0 Å². The molecule has 1 heterocycles. The molecule has 2 N–H and O–H groups in total. The second kappa shape index (κ2) is 6.29. The minimum Gasteiger partial charge on any atom is -0.310 e. The van der Waals surface area contributed by atoms with E-state index in [9.17, 15) is 8.42 Å². The lowest BCUT2D eigenvalue weighted by Gasteiger charge is -2.04. The van der Waals surface area contributed by atoms with Crippen LogP contribution in [-0.4, -0.2) is 32.7 Å². The Morgan fingerprint density at radius 1 is 1.38 bits per heavy atom. The molecule has 1 rings (SSSR count). The second-order valence-corrected chi connectivity index (χ2v) is 6.06. The first-order valence-electron chi connectivity index (χ1n) is 4.73. The molecule has 90 valence electrons. The average Bonchev–Trinajstić information content (AvgIpc) is 2.19. The Morgan fingerprint density at radius 2 is 2.12 bits per heavy atom. The van der Waals surface area contributed by atoms with E-state index in [-0.39, 0.29) is 0 Å². The van der Waals surface area contributed by atoms with Gasteiger partial charge in [-0.1, -0.05) is 0 Å². The van der Waals surface area contributed by atoms with E-state index in [0.717, 1.165) is 16.4 Å². The Balaban J connectivity index is 2.19. The van der Waals surface area contributed by atoms with Gasteiger partial charge in [0.1, 0.15) is 0 Å². The van der Waals surface area contributed by atoms with Crippen molar-refractivity contribution in [1.82, 2.24) is 15.0 Å². The zero-order valence-corrected chi connectivity index (χ0v) is 11.3. The lowest BCUT2D eigenvalue weighted by Crippen LogP contribution is -2.30. The molecule has 0 spiro atoms. The summed E-state index contributed by atoms with van der Waals surface area (Å²) >= 11 is 3.30. The fraction of sp³-hybridized carbons (Fsp3) is 0.444. The number of pyridine rings is 1. The van der Waals surface area contributed by atoms with Gasteiger partial charge >= 0.3 is 0 Å². The molecule has 0 aromatic carbocycles. The first-order chi connectivity index (χ1) is 7.47. The first-order valence-corrected chi connectivity index (χ1v) is 7.41. The van der Waals surface area contributed by atoms with Crippen LogP contribution < -0.4 is 10.0 Å². The van der Waals surface area contributed by atoms with Gasteiger partial charge in [0.15, 0.2) is 0 Å². The highest BCUT2D eigenvalue weighted by atomic mass is 79.9. The topological polar surface area (TPSA) is 71.1 Å². The molecule has 0 unspecified atom stereocenters. The Morgan fingerprint density at radius 3 is 2.69 bits per heavy atom. The van der Waals surface area contributed by atoms with Crippen LogP contribution in [0.4, 0.5) is 0 Å². The zero-order valence-electron chi connectivity index (χ0n) is 8.90. The molecule has 5 nitrogen and oxygen atoms in total. The SMILES string of the molecule is CS(=O)(=O)NCCNCc1ccc(Br)cn1. The number of aromatic nitrogens is 1.